The molecule has 0 bridgehead atoms. The van der Waals surface area contributed by atoms with Crippen LogP contribution in [0.4, 0.5) is 0 Å². The van der Waals surface area contributed by atoms with Crippen LogP contribution in [0.25, 0.3) is 0 Å². The standard InChI is InChI=1S/C42H32O2P2/c1-5-17-31(18-6-1)45(32-19-7-2-8-20-32)39-29-15-27-37-41(39)42-38(44-36-26-14-13-25-35(36)43-37)28-16-30-40(42)46(33-21-9-3-10-22-33)34-23-11-4-12-24-34/h1-30,39,41H/t39-,41?/m1/s1. The zero-order valence-electron chi connectivity index (χ0n) is 25.2. The number of hydrogen-bond donors (Lipinski definition) is 0. The van der Waals surface area contributed by atoms with E-state index in [2.05, 4.69) is 158 Å². The summed E-state index contributed by atoms with van der Waals surface area (Å²) in [4.78, 5) is 0. The lowest BCUT2D eigenvalue weighted by molar-refractivity contribution is 0.340. The van der Waals surface area contributed by atoms with Gasteiger partial charge in [-0.1, -0.05) is 158 Å². The molecule has 6 aromatic carbocycles. The molecule has 1 unspecified atom stereocenters. The summed E-state index contributed by atoms with van der Waals surface area (Å²) in [6.07, 6.45) is 6.77. The Bertz CT molecular complexity index is 1930. The second-order valence-electron chi connectivity index (χ2n) is 11.3. The van der Waals surface area contributed by atoms with Crippen LogP contribution < -0.4 is 36.0 Å². The fourth-order valence-electron chi connectivity index (χ4n) is 6.54. The molecule has 0 aromatic heterocycles. The third-order valence-electron chi connectivity index (χ3n) is 8.50. The van der Waals surface area contributed by atoms with Gasteiger partial charge in [0.25, 0.3) is 0 Å². The minimum Gasteiger partial charge on any atom is -0.457 e. The molecule has 0 radical (unpaired) electrons. The average Bonchev–Trinajstić information content (AvgIpc) is 3.11. The molecular weight excluding hydrogens is 598 g/mol. The number of hydrogen-bond acceptors (Lipinski definition) is 2. The first kappa shape index (κ1) is 28.7. The van der Waals surface area contributed by atoms with Gasteiger partial charge < -0.3 is 9.47 Å². The van der Waals surface area contributed by atoms with Crippen molar-refractivity contribution in [1.29, 1.82) is 0 Å². The minimum atomic E-state index is -0.907. The Hall–Kier alpha value is -4.74. The van der Waals surface area contributed by atoms with Gasteiger partial charge >= 0.3 is 0 Å². The van der Waals surface area contributed by atoms with E-state index in [-0.39, 0.29) is 11.6 Å². The summed E-state index contributed by atoms with van der Waals surface area (Å²) in [6, 6.07) is 58.5. The maximum Gasteiger partial charge on any atom is 0.169 e. The molecule has 0 saturated carbocycles. The van der Waals surface area contributed by atoms with Crippen molar-refractivity contribution >= 4 is 42.4 Å². The van der Waals surface area contributed by atoms with Crippen LogP contribution in [-0.4, -0.2) is 5.66 Å². The van der Waals surface area contributed by atoms with Crippen molar-refractivity contribution in [1.82, 2.24) is 0 Å². The molecule has 1 aliphatic carbocycles. The van der Waals surface area contributed by atoms with Crippen molar-refractivity contribution in [2.45, 2.75) is 11.6 Å². The summed E-state index contributed by atoms with van der Waals surface area (Å²) in [6.45, 7) is 0. The van der Waals surface area contributed by atoms with E-state index in [4.69, 9.17) is 9.47 Å². The van der Waals surface area contributed by atoms with Gasteiger partial charge in [-0.2, -0.15) is 0 Å². The van der Waals surface area contributed by atoms with Crippen molar-refractivity contribution in [2.24, 2.45) is 0 Å². The lowest BCUT2D eigenvalue weighted by atomic mass is 9.89. The average molecular weight is 631 g/mol. The second kappa shape index (κ2) is 12.9. The van der Waals surface area contributed by atoms with Crippen molar-refractivity contribution in [3.63, 3.8) is 0 Å². The van der Waals surface area contributed by atoms with E-state index < -0.39 is 15.8 Å². The molecule has 4 heteroatoms. The smallest absolute Gasteiger partial charge is 0.169 e. The van der Waals surface area contributed by atoms with E-state index in [1.54, 1.807) is 0 Å². The molecule has 222 valence electrons. The highest BCUT2D eigenvalue weighted by atomic mass is 31.1. The highest BCUT2D eigenvalue weighted by molar-refractivity contribution is 7.80. The third-order valence-corrected chi connectivity index (χ3v) is 13.8. The van der Waals surface area contributed by atoms with E-state index >= 15 is 0 Å². The van der Waals surface area contributed by atoms with Gasteiger partial charge in [0.1, 0.15) is 11.5 Å². The quantitative estimate of drug-likeness (QED) is 0.172. The maximum absolute atomic E-state index is 6.90. The van der Waals surface area contributed by atoms with Crippen molar-refractivity contribution in [3.05, 3.63) is 193 Å². The van der Waals surface area contributed by atoms with Crippen molar-refractivity contribution < 1.29 is 9.47 Å². The van der Waals surface area contributed by atoms with Gasteiger partial charge in [0.2, 0.25) is 0 Å². The summed E-state index contributed by atoms with van der Waals surface area (Å²) in [7, 11) is -1.73. The first-order valence-electron chi connectivity index (χ1n) is 15.6. The Morgan fingerprint density at radius 3 is 1.48 bits per heavy atom. The van der Waals surface area contributed by atoms with Gasteiger partial charge in [-0.15, -0.1) is 0 Å². The first-order valence-corrected chi connectivity index (χ1v) is 18.4. The minimum absolute atomic E-state index is 0.0755. The van der Waals surface area contributed by atoms with Gasteiger partial charge in [-0.3, -0.25) is 0 Å². The normalized spacial score (nSPS) is 16.6. The van der Waals surface area contributed by atoms with Gasteiger partial charge in [-0.25, -0.2) is 0 Å². The predicted octanol–water partition coefficient (Wildman–Crippen LogP) is 8.67. The van der Waals surface area contributed by atoms with E-state index in [0.717, 1.165) is 23.0 Å². The van der Waals surface area contributed by atoms with Crippen LogP contribution in [0, 0.1) is 0 Å². The second-order valence-corrected chi connectivity index (χ2v) is 15.9. The number of benzene rings is 6. The Balaban J connectivity index is 1.40. The summed E-state index contributed by atoms with van der Waals surface area (Å²) in [5.41, 5.74) is 1.33. The predicted molar refractivity (Wildman–Crippen MR) is 195 cm³/mol. The van der Waals surface area contributed by atoms with Crippen LogP contribution in [0.1, 0.15) is 11.5 Å². The zero-order valence-corrected chi connectivity index (χ0v) is 27.0. The molecule has 2 atom stereocenters. The lowest BCUT2D eigenvalue weighted by Crippen LogP contribution is -2.34. The maximum atomic E-state index is 6.90. The molecule has 0 amide bonds. The molecule has 1 heterocycles. The van der Waals surface area contributed by atoms with Gasteiger partial charge in [-0.05, 0) is 66.6 Å². The third kappa shape index (κ3) is 5.50. The lowest BCUT2D eigenvalue weighted by Gasteiger charge is -2.39. The van der Waals surface area contributed by atoms with Gasteiger partial charge in [0.15, 0.2) is 11.5 Å². The van der Waals surface area contributed by atoms with Crippen LogP contribution in [-0.2, 0) is 0 Å². The van der Waals surface area contributed by atoms with Crippen LogP contribution in [0.15, 0.2) is 188 Å². The Labute approximate surface area is 273 Å². The molecule has 6 aromatic rings. The molecule has 2 aliphatic rings. The van der Waals surface area contributed by atoms with Crippen molar-refractivity contribution in [2.75, 3.05) is 0 Å². The molecule has 2 nitrogen and oxygen atoms in total. The summed E-state index contributed by atoms with van der Waals surface area (Å²) >= 11 is 0. The fraction of sp³-hybridized carbons (Fsp3) is 0.0476. The van der Waals surface area contributed by atoms with E-state index in [1.165, 1.54) is 32.1 Å². The summed E-state index contributed by atoms with van der Waals surface area (Å²) < 4.78 is 13.8. The molecule has 0 saturated heterocycles. The van der Waals surface area contributed by atoms with Crippen LogP contribution in [0.2, 0.25) is 0 Å². The van der Waals surface area contributed by atoms with Crippen LogP contribution >= 0.6 is 15.8 Å². The van der Waals surface area contributed by atoms with Crippen LogP contribution in [0.3, 0.4) is 0 Å². The molecule has 8 rings (SSSR count). The molecule has 1 aliphatic heterocycles. The topological polar surface area (TPSA) is 18.5 Å². The van der Waals surface area contributed by atoms with Crippen LogP contribution in [0.5, 0.6) is 17.2 Å². The number of rotatable bonds is 6. The monoisotopic (exact) mass is 630 g/mol. The molecule has 0 N–H and O–H groups in total. The fourth-order valence-corrected chi connectivity index (χ4v) is 11.9. The SMILES string of the molecule is C1=C[C@@H](P(c2ccccc2)c2ccccc2)C2C(=C1)Oc1ccccc1Oc1cccc(P(c3ccccc3)c3ccccc3)c12. The van der Waals surface area contributed by atoms with Gasteiger partial charge in [0.05, 0.1) is 5.92 Å². The Kier molecular flexibility index (Phi) is 8.08. The van der Waals surface area contributed by atoms with E-state index in [0.29, 0.717) is 0 Å². The summed E-state index contributed by atoms with van der Waals surface area (Å²) in [5, 5.41) is 6.59. The molecule has 46 heavy (non-hydrogen) atoms. The number of allylic oxidation sites excluding steroid dienone is 4. The number of fused-ring (bicyclic) bond motifs is 4. The molecular formula is C42H32O2P2. The Morgan fingerprint density at radius 2 is 0.913 bits per heavy atom. The molecule has 0 fully saturated rings. The Morgan fingerprint density at radius 1 is 0.435 bits per heavy atom. The first-order chi connectivity index (χ1) is 22.8. The van der Waals surface area contributed by atoms with E-state index in [9.17, 15) is 0 Å². The largest absolute Gasteiger partial charge is 0.457 e. The number of para-hydroxylation sites is 2. The van der Waals surface area contributed by atoms with Crippen molar-refractivity contribution in [3.8, 4) is 17.2 Å². The summed E-state index contributed by atoms with van der Waals surface area (Å²) in [5.74, 6) is 3.23. The number of ether oxygens (including phenoxy) is 2. The zero-order chi connectivity index (χ0) is 30.7. The highest BCUT2D eigenvalue weighted by Crippen LogP contribution is 2.55. The van der Waals surface area contributed by atoms with E-state index in [1.807, 2.05) is 24.3 Å². The highest BCUT2D eigenvalue weighted by Gasteiger charge is 2.41. The van der Waals surface area contributed by atoms with Gasteiger partial charge in [0, 0.05) is 11.2 Å². The molecule has 0 spiro atoms.